The maximum Gasteiger partial charge on any atom is 0.252 e. The van der Waals surface area contributed by atoms with Crippen LogP contribution in [0.5, 0.6) is 0 Å². The van der Waals surface area contributed by atoms with Crippen molar-refractivity contribution in [3.05, 3.63) is 23.9 Å². The highest BCUT2D eigenvalue weighted by atomic mass is 16.1. The predicted octanol–water partition coefficient (Wildman–Crippen LogP) is 2.82. The number of hydrogen-bond donors (Lipinski definition) is 2. The van der Waals surface area contributed by atoms with Crippen LogP contribution in [-0.4, -0.2) is 24.0 Å². The standard InChI is InChI=1S/C14H23N3O/c1-3-5-9-15-13-8-7-12(11-17-13)14(18)16-10-6-4-2/h7-8,11H,3-6,9-10H2,1-2H3,(H,15,17)(H,16,18). The quantitative estimate of drug-likeness (QED) is 0.697. The molecule has 0 aliphatic rings. The number of hydrogen-bond acceptors (Lipinski definition) is 3. The van der Waals surface area contributed by atoms with Gasteiger partial charge in [-0.05, 0) is 25.0 Å². The second-order valence-corrected chi connectivity index (χ2v) is 4.32. The summed E-state index contributed by atoms with van der Waals surface area (Å²) in [6.07, 6.45) is 6.00. The van der Waals surface area contributed by atoms with Gasteiger partial charge in [0.05, 0.1) is 5.56 Å². The summed E-state index contributed by atoms with van der Waals surface area (Å²) in [5.41, 5.74) is 0.618. The van der Waals surface area contributed by atoms with Gasteiger partial charge in [-0.15, -0.1) is 0 Å². The van der Waals surface area contributed by atoms with E-state index in [1.807, 2.05) is 12.1 Å². The van der Waals surface area contributed by atoms with Crippen molar-refractivity contribution < 1.29 is 4.79 Å². The van der Waals surface area contributed by atoms with E-state index in [9.17, 15) is 4.79 Å². The fraction of sp³-hybridized carbons (Fsp3) is 0.571. The Hall–Kier alpha value is -1.58. The summed E-state index contributed by atoms with van der Waals surface area (Å²) in [6.45, 7) is 5.90. The number of nitrogens with zero attached hydrogens (tertiary/aromatic N) is 1. The summed E-state index contributed by atoms with van der Waals surface area (Å²) in [7, 11) is 0. The minimum Gasteiger partial charge on any atom is -0.370 e. The third kappa shape index (κ3) is 5.17. The molecule has 0 spiro atoms. The van der Waals surface area contributed by atoms with Gasteiger partial charge >= 0.3 is 0 Å². The number of carbonyl (C=O) groups is 1. The summed E-state index contributed by atoms with van der Waals surface area (Å²) in [4.78, 5) is 15.9. The van der Waals surface area contributed by atoms with Crippen LogP contribution >= 0.6 is 0 Å². The van der Waals surface area contributed by atoms with Gasteiger partial charge in [0, 0.05) is 19.3 Å². The van der Waals surface area contributed by atoms with Gasteiger partial charge in [0.25, 0.3) is 5.91 Å². The van der Waals surface area contributed by atoms with Crippen LogP contribution in [0, 0.1) is 0 Å². The molecular weight excluding hydrogens is 226 g/mol. The number of unbranched alkanes of at least 4 members (excludes halogenated alkanes) is 2. The molecule has 18 heavy (non-hydrogen) atoms. The molecule has 0 aromatic carbocycles. The Kier molecular flexibility index (Phi) is 6.84. The number of aromatic nitrogens is 1. The molecule has 0 aliphatic heterocycles. The van der Waals surface area contributed by atoms with Gasteiger partial charge in [-0.2, -0.15) is 0 Å². The number of amides is 1. The number of anilines is 1. The van der Waals surface area contributed by atoms with E-state index in [-0.39, 0.29) is 5.91 Å². The van der Waals surface area contributed by atoms with E-state index >= 15 is 0 Å². The Morgan fingerprint density at radius 1 is 1.17 bits per heavy atom. The van der Waals surface area contributed by atoms with Gasteiger partial charge in [-0.25, -0.2) is 4.98 Å². The lowest BCUT2D eigenvalue weighted by Gasteiger charge is -2.06. The third-order valence-electron chi connectivity index (χ3n) is 2.68. The zero-order valence-electron chi connectivity index (χ0n) is 11.3. The largest absolute Gasteiger partial charge is 0.370 e. The Labute approximate surface area is 109 Å². The monoisotopic (exact) mass is 249 g/mol. The first-order chi connectivity index (χ1) is 8.77. The first kappa shape index (κ1) is 14.5. The molecule has 1 heterocycles. The van der Waals surface area contributed by atoms with Crippen LogP contribution in [0.2, 0.25) is 0 Å². The van der Waals surface area contributed by atoms with Crippen molar-refractivity contribution in [1.82, 2.24) is 10.3 Å². The molecule has 1 amide bonds. The molecule has 0 aliphatic carbocycles. The van der Waals surface area contributed by atoms with Crippen molar-refractivity contribution in [3.8, 4) is 0 Å². The number of nitrogens with one attached hydrogen (secondary N) is 2. The summed E-state index contributed by atoms with van der Waals surface area (Å²) >= 11 is 0. The van der Waals surface area contributed by atoms with Gasteiger partial charge in [-0.3, -0.25) is 4.79 Å². The predicted molar refractivity (Wildman–Crippen MR) is 74.9 cm³/mol. The number of rotatable bonds is 8. The molecule has 0 radical (unpaired) electrons. The highest BCUT2D eigenvalue weighted by Crippen LogP contribution is 2.05. The van der Waals surface area contributed by atoms with Gasteiger partial charge in [0.2, 0.25) is 0 Å². The minimum absolute atomic E-state index is 0.0453. The molecular formula is C14H23N3O. The topological polar surface area (TPSA) is 54.0 Å². The molecule has 1 aromatic rings. The van der Waals surface area contributed by atoms with E-state index in [1.54, 1.807) is 6.20 Å². The van der Waals surface area contributed by atoms with Crippen LogP contribution in [-0.2, 0) is 0 Å². The second-order valence-electron chi connectivity index (χ2n) is 4.32. The number of pyridine rings is 1. The van der Waals surface area contributed by atoms with Crippen LogP contribution < -0.4 is 10.6 Å². The molecule has 2 N–H and O–H groups in total. The van der Waals surface area contributed by atoms with E-state index in [1.165, 1.54) is 0 Å². The van der Waals surface area contributed by atoms with E-state index in [0.717, 1.165) is 44.6 Å². The normalized spacial score (nSPS) is 10.1. The zero-order chi connectivity index (χ0) is 13.2. The molecule has 4 nitrogen and oxygen atoms in total. The van der Waals surface area contributed by atoms with E-state index < -0.39 is 0 Å². The maximum absolute atomic E-state index is 11.7. The summed E-state index contributed by atoms with van der Waals surface area (Å²) in [5.74, 6) is 0.782. The first-order valence-electron chi connectivity index (χ1n) is 6.76. The zero-order valence-corrected chi connectivity index (χ0v) is 11.3. The second kappa shape index (κ2) is 8.50. The van der Waals surface area contributed by atoms with Crippen molar-refractivity contribution in [2.75, 3.05) is 18.4 Å². The smallest absolute Gasteiger partial charge is 0.252 e. The lowest BCUT2D eigenvalue weighted by Crippen LogP contribution is -2.24. The highest BCUT2D eigenvalue weighted by molar-refractivity contribution is 5.93. The van der Waals surface area contributed by atoms with Crippen molar-refractivity contribution in [1.29, 1.82) is 0 Å². The first-order valence-corrected chi connectivity index (χ1v) is 6.76. The summed E-state index contributed by atoms with van der Waals surface area (Å²) < 4.78 is 0. The van der Waals surface area contributed by atoms with Crippen LogP contribution in [0.25, 0.3) is 0 Å². The van der Waals surface area contributed by atoms with Crippen molar-refractivity contribution in [2.45, 2.75) is 39.5 Å². The minimum atomic E-state index is -0.0453. The average molecular weight is 249 g/mol. The average Bonchev–Trinajstić information content (AvgIpc) is 2.40. The molecule has 1 rings (SSSR count). The maximum atomic E-state index is 11.7. The van der Waals surface area contributed by atoms with E-state index in [0.29, 0.717) is 5.56 Å². The fourth-order valence-electron chi connectivity index (χ4n) is 1.51. The van der Waals surface area contributed by atoms with Crippen LogP contribution in [0.1, 0.15) is 49.9 Å². The van der Waals surface area contributed by atoms with Crippen LogP contribution in [0.4, 0.5) is 5.82 Å². The molecule has 0 saturated carbocycles. The SMILES string of the molecule is CCCCNC(=O)c1ccc(NCCCC)nc1. The van der Waals surface area contributed by atoms with E-state index in [2.05, 4.69) is 29.5 Å². The molecule has 4 heteroatoms. The number of carbonyl (C=O) groups excluding carboxylic acids is 1. The van der Waals surface area contributed by atoms with Gasteiger partial charge < -0.3 is 10.6 Å². The molecule has 0 bridgehead atoms. The van der Waals surface area contributed by atoms with Gasteiger partial charge in [0.1, 0.15) is 5.82 Å². The molecule has 0 fully saturated rings. The van der Waals surface area contributed by atoms with Crippen molar-refractivity contribution >= 4 is 11.7 Å². The molecule has 0 saturated heterocycles. The van der Waals surface area contributed by atoms with Crippen LogP contribution in [0.3, 0.4) is 0 Å². The Morgan fingerprint density at radius 3 is 2.50 bits per heavy atom. The Balaban J connectivity index is 2.41. The third-order valence-corrected chi connectivity index (χ3v) is 2.68. The molecule has 0 atom stereocenters. The highest BCUT2D eigenvalue weighted by Gasteiger charge is 2.04. The molecule has 0 unspecified atom stereocenters. The van der Waals surface area contributed by atoms with E-state index in [4.69, 9.17) is 0 Å². The van der Waals surface area contributed by atoms with Crippen molar-refractivity contribution in [2.24, 2.45) is 0 Å². The summed E-state index contributed by atoms with van der Waals surface area (Å²) in [6, 6.07) is 3.66. The van der Waals surface area contributed by atoms with Crippen molar-refractivity contribution in [3.63, 3.8) is 0 Å². The lowest BCUT2D eigenvalue weighted by atomic mass is 10.2. The molecule has 1 aromatic heterocycles. The fourth-order valence-corrected chi connectivity index (χ4v) is 1.51. The Bertz CT molecular complexity index is 349. The summed E-state index contributed by atoms with van der Waals surface area (Å²) in [5, 5.41) is 6.09. The lowest BCUT2D eigenvalue weighted by molar-refractivity contribution is 0.0953. The van der Waals surface area contributed by atoms with Gasteiger partial charge in [0.15, 0.2) is 0 Å². The van der Waals surface area contributed by atoms with Crippen LogP contribution in [0.15, 0.2) is 18.3 Å². The van der Waals surface area contributed by atoms with Gasteiger partial charge in [-0.1, -0.05) is 26.7 Å². The Morgan fingerprint density at radius 2 is 1.89 bits per heavy atom. The molecule has 100 valence electrons.